The molecule has 0 aromatic heterocycles. The van der Waals surface area contributed by atoms with Crippen molar-refractivity contribution in [1.29, 1.82) is 0 Å². The van der Waals surface area contributed by atoms with Crippen LogP contribution in [-0.2, 0) is 14.8 Å². The number of para-hydroxylation sites is 1. The molecule has 7 nitrogen and oxygen atoms in total. The number of nitrogens with zero attached hydrogens (tertiary/aromatic N) is 1. The lowest BCUT2D eigenvalue weighted by molar-refractivity contribution is -0.130. The first-order valence-corrected chi connectivity index (χ1v) is 11.1. The Bertz CT molecular complexity index is 1100. The van der Waals surface area contributed by atoms with Crippen molar-refractivity contribution >= 4 is 21.7 Å². The molecule has 0 saturated carbocycles. The number of ketones is 1. The van der Waals surface area contributed by atoms with Crippen molar-refractivity contribution in [3.8, 4) is 5.75 Å². The molecule has 4 rings (SSSR count). The van der Waals surface area contributed by atoms with E-state index in [0.29, 0.717) is 24.3 Å². The second-order valence-corrected chi connectivity index (χ2v) is 9.32. The van der Waals surface area contributed by atoms with Crippen LogP contribution in [0.1, 0.15) is 29.6 Å². The lowest BCUT2D eigenvalue weighted by Gasteiger charge is -2.34. The van der Waals surface area contributed by atoms with Gasteiger partial charge in [-0.2, -0.15) is 0 Å². The summed E-state index contributed by atoms with van der Waals surface area (Å²) in [5.41, 5.74) is -0.179. The molecular formula is C21H21FN2O5S. The number of carbonyl (C=O) groups excluding carboxylic acids is 2. The summed E-state index contributed by atoms with van der Waals surface area (Å²) in [4.78, 5) is 26.4. The van der Waals surface area contributed by atoms with E-state index in [1.165, 1.54) is 12.1 Å². The molecule has 1 amide bonds. The van der Waals surface area contributed by atoms with Crippen LogP contribution in [0.5, 0.6) is 5.75 Å². The molecule has 1 saturated heterocycles. The second-order valence-electron chi connectivity index (χ2n) is 7.55. The quantitative estimate of drug-likeness (QED) is 0.782. The van der Waals surface area contributed by atoms with Gasteiger partial charge in [0.05, 0.1) is 23.4 Å². The number of Topliss-reactive ketones (excluding diaryl/α,β-unsaturated/α-hetero) is 1. The zero-order valence-electron chi connectivity index (χ0n) is 16.1. The van der Waals surface area contributed by atoms with Crippen LogP contribution in [0.25, 0.3) is 0 Å². The number of hydrogen-bond donors (Lipinski definition) is 1. The molecule has 0 aliphatic carbocycles. The molecule has 1 unspecified atom stereocenters. The fraction of sp³-hybridized carbons (Fsp3) is 0.333. The Morgan fingerprint density at radius 3 is 2.80 bits per heavy atom. The van der Waals surface area contributed by atoms with Crippen LogP contribution in [0.3, 0.4) is 0 Å². The Kier molecular flexibility index (Phi) is 5.33. The molecule has 1 spiro atoms. The Morgan fingerprint density at radius 2 is 2.00 bits per heavy atom. The molecular weight excluding hydrogens is 411 g/mol. The maximum atomic E-state index is 13.3. The summed E-state index contributed by atoms with van der Waals surface area (Å²) in [6, 6.07) is 11.7. The zero-order valence-corrected chi connectivity index (χ0v) is 17.0. The molecule has 9 heteroatoms. The summed E-state index contributed by atoms with van der Waals surface area (Å²) in [6.07, 6.45) is 0.697. The summed E-state index contributed by atoms with van der Waals surface area (Å²) in [6.45, 7) is 0.608. The standard InChI is InChI=1S/C21H21FN2O5S/c22-15-4-3-5-16(12-15)30(27,28)23-10-8-20(26)24-11-9-21(14-24)13-18(25)17-6-1-2-7-19(17)29-21/h1-7,12,23H,8-11,13-14H2. The normalized spacial score (nSPS) is 20.8. The van der Waals surface area contributed by atoms with Crippen molar-refractivity contribution in [3.05, 3.63) is 59.9 Å². The SMILES string of the molecule is O=C1CC2(CCN(C(=O)CCNS(=O)(=O)c3cccc(F)c3)C2)Oc2ccccc21. The van der Waals surface area contributed by atoms with Gasteiger partial charge in [0.25, 0.3) is 0 Å². The number of sulfonamides is 1. The predicted octanol–water partition coefficient (Wildman–Crippen LogP) is 2.13. The highest BCUT2D eigenvalue weighted by atomic mass is 32.2. The topological polar surface area (TPSA) is 92.8 Å². The summed E-state index contributed by atoms with van der Waals surface area (Å²) in [7, 11) is -3.90. The van der Waals surface area contributed by atoms with E-state index in [4.69, 9.17) is 4.74 Å². The Labute approximate surface area is 173 Å². The number of halogens is 1. The first kappa shape index (κ1) is 20.5. The van der Waals surface area contributed by atoms with Crippen LogP contribution in [0.15, 0.2) is 53.4 Å². The minimum absolute atomic E-state index is 0.00555. The van der Waals surface area contributed by atoms with Crippen molar-refractivity contribution in [2.45, 2.75) is 29.8 Å². The zero-order chi connectivity index (χ0) is 21.4. The molecule has 0 bridgehead atoms. The predicted molar refractivity (Wildman–Crippen MR) is 106 cm³/mol. The van der Waals surface area contributed by atoms with Crippen LogP contribution >= 0.6 is 0 Å². The maximum Gasteiger partial charge on any atom is 0.240 e. The Morgan fingerprint density at radius 1 is 1.20 bits per heavy atom. The summed E-state index contributed by atoms with van der Waals surface area (Å²) in [5, 5.41) is 0. The maximum absolute atomic E-state index is 13.3. The third kappa shape index (κ3) is 4.08. The first-order valence-electron chi connectivity index (χ1n) is 9.62. The first-order chi connectivity index (χ1) is 14.3. The van der Waals surface area contributed by atoms with E-state index >= 15 is 0 Å². The van der Waals surface area contributed by atoms with Crippen LogP contribution in [0.4, 0.5) is 4.39 Å². The fourth-order valence-corrected chi connectivity index (χ4v) is 4.96. The van der Waals surface area contributed by atoms with Crippen LogP contribution in [0.2, 0.25) is 0 Å². The van der Waals surface area contributed by atoms with Gasteiger partial charge in [0.2, 0.25) is 15.9 Å². The number of nitrogens with one attached hydrogen (secondary N) is 1. The largest absolute Gasteiger partial charge is 0.484 e. The van der Waals surface area contributed by atoms with E-state index in [0.717, 1.165) is 12.1 Å². The fourth-order valence-electron chi connectivity index (χ4n) is 3.90. The van der Waals surface area contributed by atoms with E-state index < -0.39 is 21.4 Å². The molecule has 158 valence electrons. The lowest BCUT2D eigenvalue weighted by atomic mass is 9.89. The van der Waals surface area contributed by atoms with Gasteiger partial charge in [-0.3, -0.25) is 9.59 Å². The number of rotatable bonds is 5. The van der Waals surface area contributed by atoms with Gasteiger partial charge < -0.3 is 9.64 Å². The van der Waals surface area contributed by atoms with E-state index in [2.05, 4.69) is 4.72 Å². The molecule has 1 atom stereocenters. The highest BCUT2D eigenvalue weighted by Crippen LogP contribution is 2.38. The van der Waals surface area contributed by atoms with E-state index in [1.54, 1.807) is 29.2 Å². The van der Waals surface area contributed by atoms with Crippen molar-refractivity contribution in [2.75, 3.05) is 19.6 Å². The molecule has 0 radical (unpaired) electrons. The van der Waals surface area contributed by atoms with Gasteiger partial charge in [-0.15, -0.1) is 0 Å². The smallest absolute Gasteiger partial charge is 0.240 e. The second kappa shape index (κ2) is 7.81. The molecule has 2 aliphatic rings. The molecule has 2 aromatic carbocycles. The van der Waals surface area contributed by atoms with Gasteiger partial charge >= 0.3 is 0 Å². The van der Waals surface area contributed by atoms with Crippen molar-refractivity contribution in [1.82, 2.24) is 9.62 Å². The van der Waals surface area contributed by atoms with Crippen molar-refractivity contribution in [3.63, 3.8) is 0 Å². The molecule has 2 aromatic rings. The number of fused-ring (bicyclic) bond motifs is 1. The van der Waals surface area contributed by atoms with Gasteiger partial charge in [0.15, 0.2) is 5.78 Å². The van der Waals surface area contributed by atoms with E-state index in [9.17, 15) is 22.4 Å². The van der Waals surface area contributed by atoms with Crippen LogP contribution < -0.4 is 9.46 Å². The van der Waals surface area contributed by atoms with E-state index in [1.807, 2.05) is 0 Å². The third-order valence-corrected chi connectivity index (χ3v) is 6.86. The lowest BCUT2D eigenvalue weighted by Crippen LogP contribution is -2.45. The average molecular weight is 432 g/mol. The highest BCUT2D eigenvalue weighted by Gasteiger charge is 2.46. The van der Waals surface area contributed by atoms with Gasteiger partial charge in [0.1, 0.15) is 17.2 Å². The number of hydrogen-bond acceptors (Lipinski definition) is 5. The minimum atomic E-state index is -3.90. The number of amides is 1. The average Bonchev–Trinajstić information content (AvgIpc) is 3.11. The summed E-state index contributed by atoms with van der Waals surface area (Å²) >= 11 is 0. The van der Waals surface area contributed by atoms with Crippen LogP contribution in [-0.4, -0.2) is 50.2 Å². The minimum Gasteiger partial charge on any atom is -0.484 e. The van der Waals surface area contributed by atoms with Gasteiger partial charge in [0, 0.05) is 25.9 Å². The van der Waals surface area contributed by atoms with E-state index in [-0.39, 0.29) is 42.5 Å². The number of ether oxygens (including phenoxy) is 1. The van der Waals surface area contributed by atoms with Crippen molar-refractivity contribution in [2.24, 2.45) is 0 Å². The number of likely N-dealkylation sites (tertiary alicyclic amines) is 1. The van der Waals surface area contributed by atoms with Crippen LogP contribution in [0, 0.1) is 5.82 Å². The number of carbonyl (C=O) groups is 2. The molecule has 1 N–H and O–H groups in total. The molecule has 2 aliphatic heterocycles. The molecule has 1 fully saturated rings. The monoisotopic (exact) mass is 432 g/mol. The third-order valence-electron chi connectivity index (χ3n) is 5.40. The van der Waals surface area contributed by atoms with Gasteiger partial charge in [-0.05, 0) is 30.3 Å². The molecule has 2 heterocycles. The number of benzene rings is 2. The summed E-state index contributed by atoms with van der Waals surface area (Å²) in [5.74, 6) is -0.358. The highest BCUT2D eigenvalue weighted by molar-refractivity contribution is 7.89. The van der Waals surface area contributed by atoms with Gasteiger partial charge in [-0.1, -0.05) is 18.2 Å². The summed E-state index contributed by atoms with van der Waals surface area (Å²) < 4.78 is 46.1. The van der Waals surface area contributed by atoms with Gasteiger partial charge in [-0.25, -0.2) is 17.5 Å². The Hall–Kier alpha value is -2.78. The van der Waals surface area contributed by atoms with Crippen molar-refractivity contribution < 1.29 is 27.1 Å². The Balaban J connectivity index is 1.34. The molecule has 30 heavy (non-hydrogen) atoms.